The Balaban J connectivity index is 3.16. The smallest absolute Gasteiger partial charge is 0.305 e. The highest BCUT2D eigenvalue weighted by Gasteiger charge is 2.03. The van der Waals surface area contributed by atoms with Crippen LogP contribution < -0.4 is 0 Å². The predicted octanol–water partition coefficient (Wildman–Crippen LogP) is 15.2. The second-order valence-electron chi connectivity index (χ2n) is 14.0. The summed E-state index contributed by atoms with van der Waals surface area (Å²) >= 11 is 0. The van der Waals surface area contributed by atoms with E-state index in [9.17, 15) is 4.79 Å². The molecule has 0 heterocycles. The Morgan fingerprint density at radius 3 is 1.00 bits per heavy atom. The SMILES string of the molecule is CCCCCCC=CCCCCCCCCCCCC(=O)OCCCCCCCCCCCCCCCCCCCCCC. The molecule has 0 saturated carbocycles. The van der Waals surface area contributed by atoms with Gasteiger partial charge >= 0.3 is 5.97 Å². The van der Waals surface area contributed by atoms with Crippen molar-refractivity contribution in [3.8, 4) is 0 Å². The molecule has 0 aliphatic carbocycles. The molecular weight excluding hydrogens is 536 g/mol. The maximum Gasteiger partial charge on any atom is 0.305 e. The van der Waals surface area contributed by atoms with Gasteiger partial charge in [-0.2, -0.15) is 0 Å². The van der Waals surface area contributed by atoms with E-state index in [-0.39, 0.29) is 5.97 Å². The van der Waals surface area contributed by atoms with Gasteiger partial charge in [-0.25, -0.2) is 0 Å². The van der Waals surface area contributed by atoms with Crippen LogP contribution in [0.4, 0.5) is 0 Å². The zero-order valence-electron chi connectivity index (χ0n) is 30.6. The normalized spacial score (nSPS) is 11.6. The molecule has 0 aromatic carbocycles. The van der Waals surface area contributed by atoms with Crippen molar-refractivity contribution in [1.29, 1.82) is 0 Å². The van der Waals surface area contributed by atoms with Crippen molar-refractivity contribution >= 4 is 5.97 Å². The molecule has 0 saturated heterocycles. The molecule has 0 atom stereocenters. The van der Waals surface area contributed by atoms with Crippen LogP contribution in [0.2, 0.25) is 0 Å². The van der Waals surface area contributed by atoms with Crippen LogP contribution in [0.25, 0.3) is 0 Å². The van der Waals surface area contributed by atoms with E-state index >= 15 is 0 Å². The van der Waals surface area contributed by atoms with E-state index in [2.05, 4.69) is 26.0 Å². The van der Waals surface area contributed by atoms with Crippen molar-refractivity contribution in [2.45, 2.75) is 245 Å². The molecular formula is C42H82O2. The van der Waals surface area contributed by atoms with Gasteiger partial charge in [0.2, 0.25) is 0 Å². The molecule has 0 amide bonds. The summed E-state index contributed by atoms with van der Waals surface area (Å²) in [5, 5.41) is 0. The first-order chi connectivity index (χ1) is 21.8. The number of rotatable bonds is 38. The first-order valence-electron chi connectivity index (χ1n) is 20.6. The fourth-order valence-corrected chi connectivity index (χ4v) is 6.31. The largest absolute Gasteiger partial charge is 0.466 e. The molecule has 0 aliphatic heterocycles. The minimum atomic E-state index is 0.0258. The monoisotopic (exact) mass is 619 g/mol. The van der Waals surface area contributed by atoms with Crippen molar-refractivity contribution in [3.05, 3.63) is 12.2 Å². The molecule has 0 aliphatic rings. The van der Waals surface area contributed by atoms with Crippen LogP contribution in [0.5, 0.6) is 0 Å². The van der Waals surface area contributed by atoms with Gasteiger partial charge in [-0.1, -0.05) is 212 Å². The third-order valence-electron chi connectivity index (χ3n) is 9.40. The van der Waals surface area contributed by atoms with Gasteiger partial charge in [0, 0.05) is 6.42 Å². The van der Waals surface area contributed by atoms with Crippen molar-refractivity contribution < 1.29 is 9.53 Å². The first-order valence-corrected chi connectivity index (χ1v) is 20.6. The Morgan fingerprint density at radius 2 is 0.636 bits per heavy atom. The lowest BCUT2D eigenvalue weighted by atomic mass is 10.0. The molecule has 44 heavy (non-hydrogen) atoms. The fraction of sp³-hybridized carbons (Fsp3) is 0.929. The van der Waals surface area contributed by atoms with Gasteiger partial charge in [0.1, 0.15) is 0 Å². The molecule has 0 fully saturated rings. The van der Waals surface area contributed by atoms with Crippen LogP contribution in [0.3, 0.4) is 0 Å². The number of unbranched alkanes of at least 4 members (excludes halogenated alkanes) is 32. The Kier molecular flexibility index (Phi) is 39.5. The number of hydrogen-bond acceptors (Lipinski definition) is 2. The second kappa shape index (κ2) is 40.2. The third-order valence-corrected chi connectivity index (χ3v) is 9.40. The van der Waals surface area contributed by atoms with Crippen molar-refractivity contribution in [2.75, 3.05) is 6.61 Å². The first kappa shape index (κ1) is 43.2. The van der Waals surface area contributed by atoms with Gasteiger partial charge in [-0.05, 0) is 38.5 Å². The van der Waals surface area contributed by atoms with Gasteiger partial charge in [0.25, 0.3) is 0 Å². The van der Waals surface area contributed by atoms with E-state index in [1.165, 1.54) is 212 Å². The Labute approximate surface area is 278 Å². The second-order valence-corrected chi connectivity index (χ2v) is 14.0. The number of allylic oxidation sites excluding steroid dienone is 2. The van der Waals surface area contributed by atoms with Crippen LogP contribution in [-0.4, -0.2) is 12.6 Å². The molecule has 0 aromatic rings. The molecule has 0 radical (unpaired) electrons. The topological polar surface area (TPSA) is 26.3 Å². The van der Waals surface area contributed by atoms with Crippen LogP contribution in [0, 0.1) is 0 Å². The minimum Gasteiger partial charge on any atom is -0.466 e. The van der Waals surface area contributed by atoms with E-state index in [1.807, 2.05) is 0 Å². The molecule has 0 spiro atoms. The van der Waals surface area contributed by atoms with E-state index in [0.717, 1.165) is 12.8 Å². The van der Waals surface area contributed by atoms with Gasteiger partial charge in [0.15, 0.2) is 0 Å². The van der Waals surface area contributed by atoms with Crippen molar-refractivity contribution in [3.63, 3.8) is 0 Å². The van der Waals surface area contributed by atoms with Gasteiger partial charge in [0.05, 0.1) is 6.61 Å². The molecule has 0 aromatic heterocycles. The molecule has 0 rings (SSSR count). The Morgan fingerprint density at radius 1 is 0.364 bits per heavy atom. The molecule has 0 bridgehead atoms. The highest BCUT2D eigenvalue weighted by molar-refractivity contribution is 5.69. The Bertz CT molecular complexity index is 554. The summed E-state index contributed by atoms with van der Waals surface area (Å²) in [6.45, 7) is 5.21. The van der Waals surface area contributed by atoms with Crippen LogP contribution in [0.15, 0.2) is 12.2 Å². The fourth-order valence-electron chi connectivity index (χ4n) is 6.31. The number of esters is 1. The Hall–Kier alpha value is -0.790. The number of carbonyl (C=O) groups is 1. The van der Waals surface area contributed by atoms with Crippen LogP contribution in [-0.2, 0) is 9.53 Å². The minimum absolute atomic E-state index is 0.0258. The zero-order valence-corrected chi connectivity index (χ0v) is 30.6. The molecule has 2 heteroatoms. The lowest BCUT2D eigenvalue weighted by molar-refractivity contribution is -0.143. The molecule has 0 N–H and O–H groups in total. The van der Waals surface area contributed by atoms with Crippen LogP contribution in [0.1, 0.15) is 245 Å². The summed E-state index contributed by atoms with van der Waals surface area (Å²) in [5.41, 5.74) is 0. The quantitative estimate of drug-likeness (QED) is 0.0391. The van der Waals surface area contributed by atoms with E-state index in [1.54, 1.807) is 0 Å². The van der Waals surface area contributed by atoms with Crippen molar-refractivity contribution in [1.82, 2.24) is 0 Å². The van der Waals surface area contributed by atoms with Gasteiger partial charge < -0.3 is 4.74 Å². The third kappa shape index (κ3) is 39.2. The van der Waals surface area contributed by atoms with Crippen LogP contribution >= 0.6 is 0 Å². The maximum atomic E-state index is 12.0. The summed E-state index contributed by atoms with van der Waals surface area (Å²) in [7, 11) is 0. The predicted molar refractivity (Wildman–Crippen MR) is 198 cm³/mol. The average molecular weight is 619 g/mol. The average Bonchev–Trinajstić information content (AvgIpc) is 3.03. The maximum absolute atomic E-state index is 12.0. The summed E-state index contributed by atoms with van der Waals surface area (Å²) in [6.07, 6.45) is 53.0. The standard InChI is InChI=1S/C42H82O2/c1-3-5-7-9-11-13-15-17-19-21-22-23-25-27-29-31-33-35-37-39-41-44-42(43)40-38-36-34-32-30-28-26-24-20-18-16-14-12-10-8-6-4-2/h14,16H,3-13,15,17-41H2,1-2H3. The highest BCUT2D eigenvalue weighted by Crippen LogP contribution is 2.16. The summed E-state index contributed by atoms with van der Waals surface area (Å²) in [6, 6.07) is 0. The lowest BCUT2D eigenvalue weighted by Gasteiger charge is -2.06. The van der Waals surface area contributed by atoms with Gasteiger partial charge in [-0.3, -0.25) is 4.79 Å². The van der Waals surface area contributed by atoms with E-state index < -0.39 is 0 Å². The summed E-state index contributed by atoms with van der Waals surface area (Å²) in [5.74, 6) is 0.0258. The lowest BCUT2D eigenvalue weighted by Crippen LogP contribution is -2.05. The highest BCUT2D eigenvalue weighted by atomic mass is 16.5. The molecule has 262 valence electrons. The molecule has 0 unspecified atom stereocenters. The summed E-state index contributed by atoms with van der Waals surface area (Å²) < 4.78 is 5.46. The van der Waals surface area contributed by atoms with Crippen molar-refractivity contribution in [2.24, 2.45) is 0 Å². The van der Waals surface area contributed by atoms with E-state index in [0.29, 0.717) is 13.0 Å². The number of ether oxygens (including phenoxy) is 1. The molecule has 2 nitrogen and oxygen atoms in total. The number of hydrogen-bond donors (Lipinski definition) is 0. The summed E-state index contributed by atoms with van der Waals surface area (Å²) in [4.78, 5) is 12.0. The number of carbonyl (C=O) groups excluding carboxylic acids is 1. The zero-order chi connectivity index (χ0) is 31.9. The van der Waals surface area contributed by atoms with Gasteiger partial charge in [-0.15, -0.1) is 0 Å². The van der Waals surface area contributed by atoms with E-state index in [4.69, 9.17) is 4.74 Å².